The number of para-hydroxylation sites is 3. The molecule has 0 atom stereocenters. The van der Waals surface area contributed by atoms with E-state index in [-0.39, 0.29) is 27.1 Å². The molecule has 7 aromatic carbocycles. The standard InChI is InChI=1S/C71H75N7O/c1-67(2,3)47-33-29-45(30-34-47)52-24-21-25-53(46-31-35-48(36-32-46)68(4,5)6)63(52)77-44-76(58-26-16-17-27-59(58)77)50-22-20-23-51(41-50)79-61-43-60-55(42-56(61)64-73-65(70(10,11)12)75-66(74-64)71(13,14)15)54-40-49(69(7,8)9)37-38-57(54)78(60)62-28-18-19-39-72-62/h16-43H,44H2,1-15H3. The zero-order valence-corrected chi connectivity index (χ0v) is 48.9. The van der Waals surface area contributed by atoms with Crippen LogP contribution in [0, 0.1) is 0 Å². The Morgan fingerprint density at radius 3 is 1.49 bits per heavy atom. The summed E-state index contributed by atoms with van der Waals surface area (Å²) in [6.45, 7) is 33.9. The van der Waals surface area contributed by atoms with Gasteiger partial charge < -0.3 is 14.5 Å². The van der Waals surface area contributed by atoms with Crippen LogP contribution in [0.3, 0.4) is 0 Å². The summed E-state index contributed by atoms with van der Waals surface area (Å²) in [7, 11) is 0. The fourth-order valence-corrected chi connectivity index (χ4v) is 10.7. The first kappa shape index (κ1) is 52.9. The van der Waals surface area contributed by atoms with E-state index in [1.54, 1.807) is 0 Å². The van der Waals surface area contributed by atoms with Crippen molar-refractivity contribution in [1.29, 1.82) is 0 Å². The fraction of sp³-hybridized carbons (Fsp3) is 0.296. The molecule has 1 aliphatic rings. The Hall–Kier alpha value is -8.10. The Morgan fingerprint density at radius 1 is 0.418 bits per heavy atom. The van der Waals surface area contributed by atoms with E-state index in [9.17, 15) is 0 Å². The van der Waals surface area contributed by atoms with Crippen molar-refractivity contribution in [3.8, 4) is 51.0 Å². The number of rotatable bonds is 8. The monoisotopic (exact) mass is 1040 g/mol. The highest BCUT2D eigenvalue weighted by atomic mass is 16.5. The molecule has 10 aromatic rings. The largest absolute Gasteiger partial charge is 0.456 e. The van der Waals surface area contributed by atoms with Gasteiger partial charge in [-0.3, -0.25) is 4.57 Å². The third-order valence-electron chi connectivity index (χ3n) is 15.4. The molecule has 0 bridgehead atoms. The van der Waals surface area contributed by atoms with Crippen LogP contribution < -0.4 is 14.5 Å². The summed E-state index contributed by atoms with van der Waals surface area (Å²) >= 11 is 0. The summed E-state index contributed by atoms with van der Waals surface area (Å²) in [6, 6.07) is 59.6. The van der Waals surface area contributed by atoms with Crippen molar-refractivity contribution < 1.29 is 4.74 Å². The minimum atomic E-state index is -0.345. The van der Waals surface area contributed by atoms with Crippen molar-refractivity contribution in [2.24, 2.45) is 0 Å². The summed E-state index contributed by atoms with van der Waals surface area (Å²) in [6.07, 6.45) is 1.85. The molecule has 1 aliphatic heterocycles. The molecule has 0 fully saturated rings. The van der Waals surface area contributed by atoms with E-state index in [0.29, 0.717) is 24.0 Å². The molecule has 0 spiro atoms. The molecule has 0 amide bonds. The number of benzene rings is 7. The molecular weight excluding hydrogens is 967 g/mol. The van der Waals surface area contributed by atoms with E-state index in [0.717, 1.165) is 67.6 Å². The second-order valence-corrected chi connectivity index (χ2v) is 26.6. The lowest BCUT2D eigenvalue weighted by Crippen LogP contribution is -2.25. The van der Waals surface area contributed by atoms with E-state index in [1.165, 1.54) is 38.9 Å². The number of fused-ring (bicyclic) bond motifs is 4. The summed E-state index contributed by atoms with van der Waals surface area (Å²) in [5.41, 5.74) is 15.1. The normalized spacial score (nSPS) is 13.4. The van der Waals surface area contributed by atoms with Crippen LogP contribution in [-0.4, -0.2) is 31.2 Å². The number of pyridine rings is 1. The first-order valence-corrected chi connectivity index (χ1v) is 27.9. The number of hydrogen-bond donors (Lipinski definition) is 0. The topological polar surface area (TPSA) is 72.2 Å². The Morgan fingerprint density at radius 2 is 0.949 bits per heavy atom. The molecule has 0 aliphatic carbocycles. The van der Waals surface area contributed by atoms with Gasteiger partial charge in [-0.15, -0.1) is 0 Å². The number of nitrogens with zero attached hydrogens (tertiary/aromatic N) is 7. The lowest BCUT2D eigenvalue weighted by Gasteiger charge is -2.28. The van der Waals surface area contributed by atoms with E-state index >= 15 is 0 Å². The summed E-state index contributed by atoms with van der Waals surface area (Å²) < 4.78 is 9.58. The Bertz CT molecular complexity index is 3800. The van der Waals surface area contributed by atoms with Crippen LogP contribution in [0.4, 0.5) is 22.7 Å². The smallest absolute Gasteiger partial charge is 0.167 e. The van der Waals surface area contributed by atoms with Crippen LogP contribution in [0.15, 0.2) is 170 Å². The van der Waals surface area contributed by atoms with E-state index in [2.05, 4.69) is 264 Å². The predicted octanol–water partition coefficient (Wildman–Crippen LogP) is 18.9. The number of anilines is 4. The molecule has 0 saturated heterocycles. The van der Waals surface area contributed by atoms with Gasteiger partial charge in [0.25, 0.3) is 0 Å². The number of hydrogen-bond acceptors (Lipinski definition) is 7. The van der Waals surface area contributed by atoms with Gasteiger partial charge in [-0.05, 0) is 98.7 Å². The molecule has 0 N–H and O–H groups in total. The van der Waals surface area contributed by atoms with Gasteiger partial charge in [-0.25, -0.2) is 19.9 Å². The molecular formula is C71H75N7O. The first-order valence-electron chi connectivity index (χ1n) is 27.9. The molecule has 8 nitrogen and oxygen atoms in total. The fourth-order valence-electron chi connectivity index (χ4n) is 10.7. The van der Waals surface area contributed by atoms with Crippen molar-refractivity contribution in [2.45, 2.75) is 131 Å². The molecule has 11 rings (SSSR count). The third kappa shape index (κ3) is 10.2. The molecule has 79 heavy (non-hydrogen) atoms. The molecule has 8 heteroatoms. The lowest BCUT2D eigenvalue weighted by atomic mass is 9.85. The second kappa shape index (κ2) is 19.4. The minimum Gasteiger partial charge on any atom is -0.456 e. The molecule has 4 heterocycles. The van der Waals surface area contributed by atoms with Gasteiger partial charge in [-0.2, -0.15) is 0 Å². The van der Waals surface area contributed by atoms with Crippen molar-refractivity contribution in [3.05, 3.63) is 198 Å². The zero-order valence-electron chi connectivity index (χ0n) is 48.9. The van der Waals surface area contributed by atoms with Crippen LogP contribution in [0.5, 0.6) is 11.5 Å². The summed E-state index contributed by atoms with van der Waals surface area (Å²) in [5.74, 6) is 4.17. The minimum absolute atomic E-state index is 0.0352. The van der Waals surface area contributed by atoms with Crippen LogP contribution in [-0.2, 0) is 27.1 Å². The Kier molecular flexibility index (Phi) is 13.0. The summed E-state index contributed by atoms with van der Waals surface area (Å²) in [4.78, 5) is 25.5. The van der Waals surface area contributed by atoms with Crippen LogP contribution in [0.25, 0.3) is 61.3 Å². The highest BCUT2D eigenvalue weighted by Gasteiger charge is 2.33. The van der Waals surface area contributed by atoms with Gasteiger partial charge in [0.2, 0.25) is 0 Å². The highest BCUT2D eigenvalue weighted by Crippen LogP contribution is 2.51. The van der Waals surface area contributed by atoms with Gasteiger partial charge in [0, 0.05) is 56.7 Å². The molecule has 0 radical (unpaired) electrons. The van der Waals surface area contributed by atoms with Crippen molar-refractivity contribution in [2.75, 3.05) is 16.5 Å². The predicted molar refractivity (Wildman–Crippen MR) is 330 cm³/mol. The third-order valence-corrected chi connectivity index (χ3v) is 15.4. The van der Waals surface area contributed by atoms with E-state index in [1.807, 2.05) is 24.4 Å². The van der Waals surface area contributed by atoms with Crippen LogP contribution in [0.1, 0.15) is 132 Å². The maximum Gasteiger partial charge on any atom is 0.167 e. The maximum atomic E-state index is 7.33. The lowest BCUT2D eigenvalue weighted by molar-refractivity contribution is 0.481. The SMILES string of the molecule is CC(C)(C)c1ccc(-c2cccc(-c3ccc(C(C)(C)C)cc3)c2N2CN(c3cccc(Oc4cc5c(cc4-c4nc(C(C)(C)C)nc(C(C)(C)C)n4)c4cc(C(C)(C)C)ccc4n5-c4ccccn4)c3)c3ccccc32)cc1. The molecule has 0 unspecified atom stereocenters. The number of ether oxygens (including phenoxy) is 1. The van der Waals surface area contributed by atoms with Crippen LogP contribution >= 0.6 is 0 Å². The van der Waals surface area contributed by atoms with E-state index < -0.39 is 0 Å². The van der Waals surface area contributed by atoms with Gasteiger partial charge in [0.1, 0.15) is 35.6 Å². The van der Waals surface area contributed by atoms with Crippen LogP contribution in [0.2, 0.25) is 0 Å². The van der Waals surface area contributed by atoms with Gasteiger partial charge in [0.15, 0.2) is 5.82 Å². The zero-order chi connectivity index (χ0) is 56.0. The van der Waals surface area contributed by atoms with Gasteiger partial charge in [0.05, 0.1) is 33.7 Å². The second-order valence-electron chi connectivity index (χ2n) is 26.6. The average Bonchev–Trinajstić information content (AvgIpc) is 4.12. The Labute approximate surface area is 468 Å². The first-order chi connectivity index (χ1) is 37.3. The molecule has 400 valence electrons. The maximum absolute atomic E-state index is 7.33. The molecule has 3 aromatic heterocycles. The van der Waals surface area contributed by atoms with Gasteiger partial charge in [-0.1, -0.05) is 201 Å². The number of aromatic nitrogens is 5. The van der Waals surface area contributed by atoms with Gasteiger partial charge >= 0.3 is 0 Å². The quantitative estimate of drug-likeness (QED) is 0.150. The van der Waals surface area contributed by atoms with Crippen molar-refractivity contribution >= 4 is 44.6 Å². The van der Waals surface area contributed by atoms with Crippen molar-refractivity contribution in [1.82, 2.24) is 24.5 Å². The summed E-state index contributed by atoms with van der Waals surface area (Å²) in [5, 5.41) is 2.18. The van der Waals surface area contributed by atoms with E-state index in [4.69, 9.17) is 24.7 Å². The highest BCUT2D eigenvalue weighted by molar-refractivity contribution is 6.11. The molecule has 0 saturated carbocycles. The average molecular weight is 1040 g/mol. The van der Waals surface area contributed by atoms with Crippen molar-refractivity contribution in [3.63, 3.8) is 0 Å². The Balaban J connectivity index is 1.07.